The van der Waals surface area contributed by atoms with E-state index in [9.17, 15) is 13.6 Å². The maximum atomic E-state index is 13.3. The Balaban J connectivity index is 1.65. The topological polar surface area (TPSA) is 44.9 Å². The summed E-state index contributed by atoms with van der Waals surface area (Å²) in [6.45, 7) is 0.329. The molecule has 5 heteroatoms. The number of amides is 1. The van der Waals surface area contributed by atoms with Crippen molar-refractivity contribution in [3.8, 4) is 0 Å². The smallest absolute Gasteiger partial charge is 0.224 e. The molecule has 2 N–H and O–H groups in total. The van der Waals surface area contributed by atoms with E-state index in [2.05, 4.69) is 10.3 Å². The van der Waals surface area contributed by atoms with Crippen molar-refractivity contribution in [1.82, 2.24) is 10.3 Å². The van der Waals surface area contributed by atoms with Gasteiger partial charge in [0, 0.05) is 23.6 Å². The predicted octanol–water partition coefficient (Wildman–Crippen LogP) is 3.31. The number of carbonyl (C=O) groups excluding carboxylic acids is 1. The van der Waals surface area contributed by atoms with Gasteiger partial charge in [-0.15, -0.1) is 0 Å². The molecule has 22 heavy (non-hydrogen) atoms. The first-order valence-electron chi connectivity index (χ1n) is 6.88. The van der Waals surface area contributed by atoms with Gasteiger partial charge in [0.05, 0.1) is 6.42 Å². The lowest BCUT2D eigenvalue weighted by molar-refractivity contribution is -0.120. The maximum Gasteiger partial charge on any atom is 0.224 e. The third kappa shape index (κ3) is 3.14. The van der Waals surface area contributed by atoms with Gasteiger partial charge in [0.1, 0.15) is 11.6 Å². The van der Waals surface area contributed by atoms with Crippen LogP contribution >= 0.6 is 0 Å². The summed E-state index contributed by atoms with van der Waals surface area (Å²) in [5.74, 6) is -0.814. The van der Waals surface area contributed by atoms with Crippen molar-refractivity contribution < 1.29 is 13.6 Å². The molecule has 0 fully saturated rings. The Kier molecular flexibility index (Phi) is 3.87. The van der Waals surface area contributed by atoms with Crippen molar-refractivity contribution in [1.29, 1.82) is 0 Å². The van der Waals surface area contributed by atoms with Crippen LogP contribution in [0.25, 0.3) is 10.9 Å². The van der Waals surface area contributed by atoms with Gasteiger partial charge in [-0.2, -0.15) is 0 Å². The molecular formula is C17H14F2N2O. The number of H-pyrrole nitrogens is 1. The lowest BCUT2D eigenvalue weighted by atomic mass is 10.1. The Bertz CT molecular complexity index is 809. The van der Waals surface area contributed by atoms with Crippen molar-refractivity contribution in [3.05, 3.63) is 71.4 Å². The van der Waals surface area contributed by atoms with Gasteiger partial charge in [-0.1, -0.05) is 12.1 Å². The highest BCUT2D eigenvalue weighted by atomic mass is 19.1. The van der Waals surface area contributed by atoms with E-state index in [-0.39, 0.29) is 24.0 Å². The van der Waals surface area contributed by atoms with Crippen LogP contribution in [0.2, 0.25) is 0 Å². The van der Waals surface area contributed by atoms with Gasteiger partial charge in [0.2, 0.25) is 5.91 Å². The SMILES string of the molecule is O=C(Cc1c[nH]c2ccc(F)cc12)NCc1ccc(F)cc1. The minimum absolute atomic E-state index is 0.157. The highest BCUT2D eigenvalue weighted by molar-refractivity contribution is 5.88. The van der Waals surface area contributed by atoms with Gasteiger partial charge in [-0.05, 0) is 41.5 Å². The summed E-state index contributed by atoms with van der Waals surface area (Å²) >= 11 is 0. The number of hydrogen-bond donors (Lipinski definition) is 2. The molecular weight excluding hydrogens is 286 g/mol. The number of nitrogens with one attached hydrogen (secondary N) is 2. The molecule has 0 saturated carbocycles. The monoisotopic (exact) mass is 300 g/mol. The minimum Gasteiger partial charge on any atom is -0.361 e. The van der Waals surface area contributed by atoms with Crippen molar-refractivity contribution in [2.45, 2.75) is 13.0 Å². The van der Waals surface area contributed by atoms with Crippen molar-refractivity contribution in [3.63, 3.8) is 0 Å². The molecule has 0 unspecified atom stereocenters. The van der Waals surface area contributed by atoms with E-state index < -0.39 is 0 Å². The van der Waals surface area contributed by atoms with E-state index in [1.165, 1.54) is 24.3 Å². The number of fused-ring (bicyclic) bond motifs is 1. The second kappa shape index (κ2) is 5.97. The lowest BCUT2D eigenvalue weighted by Crippen LogP contribution is -2.24. The fourth-order valence-electron chi connectivity index (χ4n) is 2.34. The molecule has 3 rings (SSSR count). The van der Waals surface area contributed by atoms with Gasteiger partial charge in [-0.25, -0.2) is 8.78 Å². The first kappa shape index (κ1) is 14.3. The van der Waals surface area contributed by atoms with Crippen LogP contribution in [0, 0.1) is 11.6 Å². The van der Waals surface area contributed by atoms with Crippen LogP contribution in [0.15, 0.2) is 48.7 Å². The predicted molar refractivity (Wildman–Crippen MR) is 80.2 cm³/mol. The van der Waals surface area contributed by atoms with Crippen LogP contribution in [0.5, 0.6) is 0 Å². The fourth-order valence-corrected chi connectivity index (χ4v) is 2.34. The average molecular weight is 300 g/mol. The van der Waals surface area contributed by atoms with Gasteiger partial charge < -0.3 is 10.3 Å². The Hall–Kier alpha value is -2.69. The van der Waals surface area contributed by atoms with E-state index in [0.717, 1.165) is 16.6 Å². The third-order valence-electron chi connectivity index (χ3n) is 3.48. The number of aromatic amines is 1. The summed E-state index contributed by atoms with van der Waals surface area (Å²) < 4.78 is 26.1. The summed E-state index contributed by atoms with van der Waals surface area (Å²) in [4.78, 5) is 15.0. The van der Waals surface area contributed by atoms with Crippen LogP contribution in [0.1, 0.15) is 11.1 Å². The molecule has 0 bridgehead atoms. The van der Waals surface area contributed by atoms with E-state index >= 15 is 0 Å². The molecule has 3 aromatic rings. The third-order valence-corrected chi connectivity index (χ3v) is 3.48. The number of aromatic nitrogens is 1. The molecule has 1 amide bonds. The van der Waals surface area contributed by atoms with E-state index in [4.69, 9.17) is 0 Å². The molecule has 0 radical (unpaired) electrons. The molecule has 1 heterocycles. The van der Waals surface area contributed by atoms with Gasteiger partial charge in [-0.3, -0.25) is 4.79 Å². The first-order valence-corrected chi connectivity index (χ1v) is 6.88. The quantitative estimate of drug-likeness (QED) is 0.763. The van der Waals surface area contributed by atoms with E-state index in [1.807, 2.05) is 0 Å². The normalized spacial score (nSPS) is 10.8. The number of carbonyl (C=O) groups is 1. The molecule has 1 aromatic heterocycles. The average Bonchev–Trinajstić information content (AvgIpc) is 2.89. The summed E-state index contributed by atoms with van der Waals surface area (Å²) in [5, 5.41) is 3.47. The van der Waals surface area contributed by atoms with Crippen LogP contribution in [-0.4, -0.2) is 10.9 Å². The van der Waals surface area contributed by atoms with Gasteiger partial charge in [0.15, 0.2) is 0 Å². The first-order chi connectivity index (χ1) is 10.6. The molecule has 112 valence electrons. The second-order valence-corrected chi connectivity index (χ2v) is 5.08. The van der Waals surface area contributed by atoms with Crippen LogP contribution < -0.4 is 5.32 Å². The van der Waals surface area contributed by atoms with E-state index in [1.54, 1.807) is 24.4 Å². The Morgan fingerprint density at radius 1 is 1.05 bits per heavy atom. The Morgan fingerprint density at radius 3 is 2.55 bits per heavy atom. The highest BCUT2D eigenvalue weighted by Gasteiger charge is 2.09. The summed E-state index contributed by atoms with van der Waals surface area (Å²) in [7, 11) is 0. The Labute approximate surface area is 126 Å². The minimum atomic E-state index is -0.333. The summed E-state index contributed by atoms with van der Waals surface area (Å²) in [6, 6.07) is 10.4. The zero-order chi connectivity index (χ0) is 15.5. The zero-order valence-electron chi connectivity index (χ0n) is 11.7. The summed E-state index contributed by atoms with van der Waals surface area (Å²) in [6.07, 6.45) is 1.87. The number of benzene rings is 2. The van der Waals surface area contributed by atoms with Crippen LogP contribution in [0.3, 0.4) is 0 Å². The second-order valence-electron chi connectivity index (χ2n) is 5.08. The van der Waals surface area contributed by atoms with Crippen molar-refractivity contribution >= 4 is 16.8 Å². The van der Waals surface area contributed by atoms with Gasteiger partial charge >= 0.3 is 0 Å². The van der Waals surface area contributed by atoms with E-state index in [0.29, 0.717) is 11.9 Å². The summed E-state index contributed by atoms with van der Waals surface area (Å²) in [5.41, 5.74) is 2.36. The molecule has 0 spiro atoms. The molecule has 0 atom stereocenters. The fraction of sp³-hybridized carbons (Fsp3) is 0.118. The number of rotatable bonds is 4. The molecule has 3 nitrogen and oxygen atoms in total. The molecule has 0 aliphatic rings. The zero-order valence-corrected chi connectivity index (χ0v) is 11.7. The maximum absolute atomic E-state index is 13.3. The number of hydrogen-bond acceptors (Lipinski definition) is 1. The van der Waals surface area contributed by atoms with Gasteiger partial charge in [0.25, 0.3) is 0 Å². The number of halogens is 2. The molecule has 0 saturated heterocycles. The van der Waals surface area contributed by atoms with Crippen LogP contribution in [0.4, 0.5) is 8.78 Å². The molecule has 0 aliphatic carbocycles. The van der Waals surface area contributed by atoms with Crippen molar-refractivity contribution in [2.24, 2.45) is 0 Å². The van der Waals surface area contributed by atoms with Crippen molar-refractivity contribution in [2.75, 3.05) is 0 Å². The van der Waals surface area contributed by atoms with Crippen LogP contribution in [-0.2, 0) is 17.8 Å². The Morgan fingerprint density at radius 2 is 1.77 bits per heavy atom. The molecule has 2 aromatic carbocycles. The largest absolute Gasteiger partial charge is 0.361 e. The highest BCUT2D eigenvalue weighted by Crippen LogP contribution is 2.19. The lowest BCUT2D eigenvalue weighted by Gasteiger charge is -2.05. The molecule has 0 aliphatic heterocycles. The standard InChI is InChI=1S/C17H14F2N2O/c18-13-3-1-11(2-4-13)9-21-17(22)7-12-10-20-16-6-5-14(19)8-15(12)16/h1-6,8,10,20H,7,9H2,(H,21,22).